The average Bonchev–Trinajstić information content (AvgIpc) is 3.94. The SMILES string of the molecule is CC=C1CCCC1=CC(=C([C]#[Os])[P+](c1ccccc1)(c1ccccc1)c1ccccc1)c1cc2c3cc(C)c(C)cc3c3cc(/C=C/C)sc3c2s1. The molecule has 2 aromatic heterocycles. The molecule has 0 radical (unpaired) electrons. The first-order chi connectivity index (χ1) is 25.5. The number of benzene rings is 5. The quantitative estimate of drug-likeness (QED) is 0.140. The Kier molecular flexibility index (Phi) is 10.0. The molecule has 0 nitrogen and oxygen atoms in total. The summed E-state index contributed by atoms with van der Waals surface area (Å²) in [5.41, 5.74) is 6.94. The molecule has 0 spiro atoms. The van der Waals surface area contributed by atoms with Crippen LogP contribution in [0.2, 0.25) is 0 Å². The standard InChI is InChI=1S/C48H41PS2.Os/c1-6-18-40-30-44-42-27-32(3)33(4)28-43(42)45-31-46(51-48(45)47(44)50-40)41(29-36-20-17-19-35(36)7-2)34(5)49(37-21-11-8-12-22-37,38-23-13-9-14-24-38)39-25-15-10-16-26-39;/h6-16,18,21-31H,17,19-20H2,1-4H3;/q+1;/b18-6+,35-7?,36-29?,41-34?;. The van der Waals surface area contributed by atoms with Gasteiger partial charge in [-0.25, -0.2) is 0 Å². The fourth-order valence-corrected chi connectivity index (χ4v) is 16.4. The fraction of sp³-hybridized carbons (Fsp3) is 0.146. The minimum absolute atomic E-state index is 1.10. The number of hydrogen-bond acceptors (Lipinski definition) is 2. The van der Waals surface area contributed by atoms with Crippen molar-refractivity contribution in [2.75, 3.05) is 0 Å². The topological polar surface area (TPSA) is 0 Å². The fourth-order valence-electron chi connectivity index (χ4n) is 7.97. The van der Waals surface area contributed by atoms with E-state index in [0.29, 0.717) is 0 Å². The Morgan fingerprint density at radius 2 is 1.17 bits per heavy atom. The second kappa shape index (κ2) is 14.8. The van der Waals surface area contributed by atoms with Gasteiger partial charge in [0.2, 0.25) is 0 Å². The predicted molar refractivity (Wildman–Crippen MR) is 231 cm³/mol. The van der Waals surface area contributed by atoms with E-state index in [2.05, 4.69) is 172 Å². The molecule has 0 bridgehead atoms. The number of fused-ring (bicyclic) bond motifs is 6. The Morgan fingerprint density at radius 3 is 1.69 bits per heavy atom. The maximum atomic E-state index is 3.99. The van der Waals surface area contributed by atoms with Crippen LogP contribution in [0.15, 0.2) is 150 Å². The normalized spacial score (nSPS) is 15.8. The van der Waals surface area contributed by atoms with Crippen LogP contribution in [0.1, 0.15) is 54.0 Å². The van der Waals surface area contributed by atoms with Crippen LogP contribution in [0.4, 0.5) is 0 Å². The number of allylic oxidation sites excluding steroid dienone is 7. The third-order valence-corrected chi connectivity index (χ3v) is 18.4. The summed E-state index contributed by atoms with van der Waals surface area (Å²) in [5.74, 6) is 0. The summed E-state index contributed by atoms with van der Waals surface area (Å²) in [6.07, 6.45) is 12.8. The van der Waals surface area contributed by atoms with Gasteiger partial charge in [-0.2, -0.15) is 0 Å². The summed E-state index contributed by atoms with van der Waals surface area (Å²) < 4.78 is 6.77. The van der Waals surface area contributed by atoms with E-state index in [1.54, 1.807) is 0 Å². The van der Waals surface area contributed by atoms with E-state index in [-0.39, 0.29) is 0 Å². The minimum atomic E-state index is -2.42. The van der Waals surface area contributed by atoms with E-state index < -0.39 is 7.26 Å². The Morgan fingerprint density at radius 1 is 0.654 bits per heavy atom. The van der Waals surface area contributed by atoms with Crippen molar-refractivity contribution in [2.45, 2.75) is 47.0 Å². The first-order valence-corrected chi connectivity index (χ1v) is 22.7. The third-order valence-electron chi connectivity index (χ3n) is 10.6. The van der Waals surface area contributed by atoms with Crippen molar-refractivity contribution in [3.8, 4) is 4.37 Å². The second-order valence-corrected chi connectivity index (χ2v) is 19.7. The van der Waals surface area contributed by atoms with Gasteiger partial charge in [0.1, 0.15) is 0 Å². The molecule has 0 N–H and O–H groups in total. The third kappa shape index (κ3) is 5.99. The number of rotatable bonds is 7. The van der Waals surface area contributed by atoms with Gasteiger partial charge in [-0.05, 0) is 0 Å². The van der Waals surface area contributed by atoms with Gasteiger partial charge in [0.25, 0.3) is 0 Å². The number of thiophene rings is 2. The Labute approximate surface area is 326 Å². The van der Waals surface area contributed by atoms with E-state index in [9.17, 15) is 0 Å². The molecule has 0 atom stereocenters. The summed E-state index contributed by atoms with van der Waals surface area (Å²) >= 11 is 5.78. The maximum absolute atomic E-state index is 3.99. The van der Waals surface area contributed by atoms with Crippen LogP contribution >= 0.6 is 29.9 Å². The first kappa shape index (κ1) is 35.1. The van der Waals surface area contributed by atoms with Gasteiger partial charge in [0.05, 0.1) is 0 Å². The molecule has 52 heavy (non-hydrogen) atoms. The van der Waals surface area contributed by atoms with Gasteiger partial charge in [-0.15, -0.1) is 0 Å². The van der Waals surface area contributed by atoms with Crippen molar-refractivity contribution in [3.63, 3.8) is 0 Å². The van der Waals surface area contributed by atoms with Crippen molar-refractivity contribution >= 4 is 88.4 Å². The zero-order chi connectivity index (χ0) is 35.8. The van der Waals surface area contributed by atoms with Crippen molar-refractivity contribution in [1.82, 2.24) is 0 Å². The Bertz CT molecular complexity index is 2530. The molecular formula is C48H41OsPS2+. The molecule has 7 aromatic rings. The molecule has 257 valence electrons. The molecule has 1 saturated carbocycles. The van der Waals surface area contributed by atoms with Gasteiger partial charge in [-0.3, -0.25) is 0 Å². The molecule has 2 heterocycles. The van der Waals surface area contributed by atoms with E-state index >= 15 is 0 Å². The zero-order valence-corrected chi connectivity index (χ0v) is 35.1. The molecule has 0 unspecified atom stereocenters. The van der Waals surface area contributed by atoms with E-state index in [1.165, 1.54) is 96.2 Å². The second-order valence-electron chi connectivity index (χ2n) is 13.6. The summed E-state index contributed by atoms with van der Waals surface area (Å²) in [6.45, 7) is 8.82. The molecule has 1 fully saturated rings. The molecule has 1 aliphatic carbocycles. The Balaban J connectivity index is 1.56. The molecule has 1 aliphatic rings. The number of aryl methyl sites for hydroxylation is 2. The monoisotopic (exact) mass is 904 g/mol. The van der Waals surface area contributed by atoms with Crippen LogP contribution in [0.25, 0.3) is 42.6 Å². The molecule has 4 heteroatoms. The van der Waals surface area contributed by atoms with Crippen molar-refractivity contribution in [2.24, 2.45) is 0 Å². The van der Waals surface area contributed by atoms with Crippen LogP contribution in [0.5, 0.6) is 0 Å². The van der Waals surface area contributed by atoms with Crippen molar-refractivity contribution < 1.29 is 17.9 Å². The van der Waals surface area contributed by atoms with Crippen LogP contribution in [-0.4, -0.2) is 0 Å². The molecule has 0 amide bonds. The van der Waals surface area contributed by atoms with Gasteiger partial charge >= 0.3 is 329 Å². The zero-order valence-electron chi connectivity index (χ0n) is 30.0. The average molecular weight is 903 g/mol. The predicted octanol–water partition coefficient (Wildman–Crippen LogP) is 13.2. The van der Waals surface area contributed by atoms with Gasteiger partial charge in [-0.1, -0.05) is 0 Å². The summed E-state index contributed by atoms with van der Waals surface area (Å²) in [7, 11) is -2.42. The summed E-state index contributed by atoms with van der Waals surface area (Å²) in [5, 5.41) is 10.8. The van der Waals surface area contributed by atoms with Crippen LogP contribution in [-0.2, 0) is 17.9 Å². The summed E-state index contributed by atoms with van der Waals surface area (Å²) in [6, 6.07) is 43.6. The molecular weight excluding hydrogens is 862 g/mol. The number of hydrogen-bond donors (Lipinski definition) is 0. The van der Waals surface area contributed by atoms with E-state index in [1.807, 2.05) is 40.6 Å². The van der Waals surface area contributed by atoms with Crippen molar-refractivity contribution in [1.29, 1.82) is 0 Å². The molecule has 5 aromatic carbocycles. The molecule has 0 aliphatic heterocycles. The summed E-state index contributed by atoms with van der Waals surface area (Å²) in [4.78, 5) is 2.62. The van der Waals surface area contributed by atoms with Gasteiger partial charge in [0, 0.05) is 0 Å². The van der Waals surface area contributed by atoms with Crippen LogP contribution in [0, 0.1) is 18.2 Å². The molecule has 8 rings (SSSR count). The Hall–Kier alpha value is -3.91. The van der Waals surface area contributed by atoms with E-state index in [0.717, 1.165) is 12.8 Å². The van der Waals surface area contributed by atoms with E-state index in [4.69, 9.17) is 0 Å². The van der Waals surface area contributed by atoms with Crippen molar-refractivity contribution in [3.05, 3.63) is 171 Å². The van der Waals surface area contributed by atoms with Gasteiger partial charge in [0.15, 0.2) is 0 Å². The van der Waals surface area contributed by atoms with Gasteiger partial charge < -0.3 is 0 Å². The van der Waals surface area contributed by atoms with Crippen LogP contribution < -0.4 is 15.9 Å². The van der Waals surface area contributed by atoms with Crippen LogP contribution in [0.3, 0.4) is 0 Å². The first-order valence-electron chi connectivity index (χ1n) is 18.0. The molecule has 0 saturated heterocycles.